The predicted octanol–water partition coefficient (Wildman–Crippen LogP) is 1.68. The van der Waals surface area contributed by atoms with Gasteiger partial charge in [0.15, 0.2) is 11.5 Å². The number of nitrogens with one attached hydrogen (secondary N) is 2. The van der Waals surface area contributed by atoms with Gasteiger partial charge in [0.25, 0.3) is 11.8 Å². The third kappa shape index (κ3) is 2.93. The quantitative estimate of drug-likeness (QED) is 0.499. The normalized spacial score (nSPS) is 14.6. The highest BCUT2D eigenvalue weighted by Gasteiger charge is 2.28. The monoisotopic (exact) mass is 418 g/mol. The molecule has 0 saturated carbocycles. The number of methoxy groups -OCH3 is 1. The van der Waals surface area contributed by atoms with Crippen LogP contribution in [0.2, 0.25) is 0 Å². The molecule has 1 aromatic carbocycles. The molecule has 9 heteroatoms. The lowest BCUT2D eigenvalue weighted by Gasteiger charge is -2.15. The Balaban J connectivity index is 2.59. The van der Waals surface area contributed by atoms with Crippen molar-refractivity contribution in [2.45, 2.75) is 0 Å². The van der Waals surface area contributed by atoms with Crippen LogP contribution in [0.3, 0.4) is 0 Å². The van der Waals surface area contributed by atoms with Crippen LogP contribution in [-0.2, 0) is 9.59 Å². The van der Waals surface area contributed by atoms with E-state index >= 15 is 0 Å². The number of aromatic hydroxyl groups is 1. The fraction of sp³-hybridized carbons (Fsp3) is 0.0833. The summed E-state index contributed by atoms with van der Waals surface area (Å²) >= 11 is 6.49. The molecule has 1 aliphatic heterocycles. The number of barbiturate groups is 1. The van der Waals surface area contributed by atoms with Gasteiger partial charge in [0.1, 0.15) is 5.57 Å². The van der Waals surface area contributed by atoms with Crippen molar-refractivity contribution in [1.82, 2.24) is 10.6 Å². The summed E-state index contributed by atoms with van der Waals surface area (Å²) in [4.78, 5) is 34.4. The average molecular weight is 420 g/mol. The van der Waals surface area contributed by atoms with Crippen molar-refractivity contribution in [3.8, 4) is 11.5 Å². The number of phenols is 1. The molecule has 0 radical (unpaired) electrons. The van der Waals surface area contributed by atoms with Crippen LogP contribution in [0.15, 0.2) is 20.6 Å². The first-order valence-electron chi connectivity index (χ1n) is 5.48. The lowest BCUT2D eigenvalue weighted by Crippen LogP contribution is -2.51. The first-order chi connectivity index (χ1) is 9.85. The Labute approximate surface area is 135 Å². The van der Waals surface area contributed by atoms with Gasteiger partial charge < -0.3 is 9.84 Å². The highest BCUT2D eigenvalue weighted by atomic mass is 79.9. The van der Waals surface area contributed by atoms with Gasteiger partial charge in [0.2, 0.25) is 0 Å². The number of hydrogen-bond acceptors (Lipinski definition) is 5. The molecule has 1 saturated heterocycles. The van der Waals surface area contributed by atoms with Gasteiger partial charge in [-0.3, -0.25) is 20.2 Å². The van der Waals surface area contributed by atoms with Crippen molar-refractivity contribution in [1.29, 1.82) is 0 Å². The largest absolute Gasteiger partial charge is 0.504 e. The summed E-state index contributed by atoms with van der Waals surface area (Å²) in [6, 6.07) is 0.628. The number of ether oxygens (including phenoxy) is 1. The van der Waals surface area contributed by atoms with Crippen LogP contribution in [0.1, 0.15) is 5.56 Å². The number of amides is 4. The van der Waals surface area contributed by atoms with Gasteiger partial charge in [-0.25, -0.2) is 4.79 Å². The lowest BCUT2D eigenvalue weighted by molar-refractivity contribution is -0.123. The lowest BCUT2D eigenvalue weighted by atomic mass is 10.1. The summed E-state index contributed by atoms with van der Waals surface area (Å²) in [6.07, 6.45) is 1.16. The molecule has 1 aromatic rings. The van der Waals surface area contributed by atoms with E-state index in [0.717, 1.165) is 6.08 Å². The number of rotatable bonds is 2. The summed E-state index contributed by atoms with van der Waals surface area (Å²) in [5, 5.41) is 14.0. The first kappa shape index (κ1) is 15.5. The predicted molar refractivity (Wildman–Crippen MR) is 79.7 cm³/mol. The molecule has 2 rings (SSSR count). The summed E-state index contributed by atoms with van der Waals surface area (Å²) in [7, 11) is 1.37. The van der Waals surface area contributed by atoms with Gasteiger partial charge in [-0.05, 0) is 44.0 Å². The van der Waals surface area contributed by atoms with Gasteiger partial charge in [-0.15, -0.1) is 0 Å². The summed E-state index contributed by atoms with van der Waals surface area (Å²) in [5.74, 6) is -1.80. The number of imide groups is 2. The molecule has 21 heavy (non-hydrogen) atoms. The number of carbonyl (C=O) groups excluding carboxylic acids is 3. The van der Waals surface area contributed by atoms with E-state index in [1.54, 1.807) is 0 Å². The number of urea groups is 1. The molecule has 0 spiro atoms. The van der Waals surface area contributed by atoms with Gasteiger partial charge in [-0.2, -0.15) is 0 Å². The molecule has 0 aromatic heterocycles. The molecular formula is C12H8Br2N2O5. The van der Waals surface area contributed by atoms with Crippen LogP contribution in [0.5, 0.6) is 11.5 Å². The van der Waals surface area contributed by atoms with Gasteiger partial charge >= 0.3 is 6.03 Å². The number of halogens is 2. The highest BCUT2D eigenvalue weighted by Crippen LogP contribution is 2.41. The van der Waals surface area contributed by atoms with Crippen LogP contribution >= 0.6 is 31.9 Å². The Morgan fingerprint density at radius 2 is 1.76 bits per heavy atom. The topological polar surface area (TPSA) is 105 Å². The molecule has 1 aliphatic rings. The Bertz CT molecular complexity index is 677. The molecule has 1 fully saturated rings. The fourth-order valence-electron chi connectivity index (χ4n) is 1.65. The number of phenolic OH excluding ortho intramolecular Hbond substituents is 1. The van der Waals surface area contributed by atoms with E-state index in [-0.39, 0.29) is 22.6 Å². The zero-order valence-electron chi connectivity index (χ0n) is 10.5. The number of carbonyl (C=O) groups is 3. The van der Waals surface area contributed by atoms with Crippen molar-refractivity contribution in [2.75, 3.05) is 7.11 Å². The molecular weight excluding hydrogens is 412 g/mol. The molecule has 110 valence electrons. The van der Waals surface area contributed by atoms with E-state index in [1.165, 1.54) is 13.2 Å². The maximum absolute atomic E-state index is 11.7. The van der Waals surface area contributed by atoms with Crippen LogP contribution < -0.4 is 15.4 Å². The van der Waals surface area contributed by atoms with E-state index in [4.69, 9.17) is 4.74 Å². The van der Waals surface area contributed by atoms with Crippen molar-refractivity contribution in [2.24, 2.45) is 0 Å². The second-order valence-corrected chi connectivity index (χ2v) is 5.58. The van der Waals surface area contributed by atoms with Crippen LogP contribution in [0, 0.1) is 0 Å². The van der Waals surface area contributed by atoms with Gasteiger partial charge in [-0.1, -0.05) is 0 Å². The maximum Gasteiger partial charge on any atom is 0.328 e. The highest BCUT2D eigenvalue weighted by molar-refractivity contribution is 9.13. The molecule has 7 nitrogen and oxygen atoms in total. The Morgan fingerprint density at radius 1 is 1.19 bits per heavy atom. The molecule has 0 bridgehead atoms. The minimum absolute atomic E-state index is 0.157. The standard InChI is InChI=1S/C12H8Br2N2O5/c1-21-7-3-6(13)8(14)4(9(7)17)2-5-10(18)15-12(20)16-11(5)19/h2-3,17H,1H3,(H2,15,16,18,19,20). The number of benzene rings is 1. The molecule has 0 unspecified atom stereocenters. The smallest absolute Gasteiger partial charge is 0.328 e. The van der Waals surface area contributed by atoms with E-state index in [0.29, 0.717) is 8.95 Å². The summed E-state index contributed by atoms with van der Waals surface area (Å²) in [6.45, 7) is 0. The average Bonchev–Trinajstić information content (AvgIpc) is 2.41. The minimum Gasteiger partial charge on any atom is -0.504 e. The van der Waals surface area contributed by atoms with E-state index in [9.17, 15) is 19.5 Å². The van der Waals surface area contributed by atoms with Crippen molar-refractivity contribution >= 4 is 55.8 Å². The number of hydrogen-bond donors (Lipinski definition) is 3. The Morgan fingerprint density at radius 3 is 2.29 bits per heavy atom. The molecule has 4 amide bonds. The second-order valence-electron chi connectivity index (χ2n) is 3.93. The molecule has 0 atom stereocenters. The van der Waals surface area contributed by atoms with Crippen molar-refractivity contribution in [3.63, 3.8) is 0 Å². The second kappa shape index (κ2) is 5.86. The van der Waals surface area contributed by atoms with Crippen molar-refractivity contribution < 1.29 is 24.2 Å². The Kier molecular flexibility index (Phi) is 4.33. The maximum atomic E-state index is 11.7. The van der Waals surface area contributed by atoms with E-state index in [2.05, 4.69) is 31.9 Å². The van der Waals surface area contributed by atoms with E-state index in [1.807, 2.05) is 10.6 Å². The molecule has 0 aliphatic carbocycles. The zero-order chi connectivity index (χ0) is 15.7. The summed E-state index contributed by atoms with van der Waals surface area (Å²) < 4.78 is 5.97. The van der Waals surface area contributed by atoms with Crippen LogP contribution in [-0.4, -0.2) is 30.1 Å². The van der Waals surface area contributed by atoms with Gasteiger partial charge in [0, 0.05) is 14.5 Å². The minimum atomic E-state index is -0.891. The third-order valence-electron chi connectivity index (χ3n) is 2.64. The first-order valence-corrected chi connectivity index (χ1v) is 7.07. The third-order valence-corrected chi connectivity index (χ3v) is 4.66. The summed E-state index contributed by atoms with van der Waals surface area (Å²) in [5.41, 5.74) is -0.151. The molecule has 1 heterocycles. The van der Waals surface area contributed by atoms with Crippen molar-refractivity contribution in [3.05, 3.63) is 26.1 Å². The molecule has 3 N–H and O–H groups in total. The SMILES string of the molecule is COc1cc(Br)c(Br)c(C=C2C(=O)NC(=O)NC2=O)c1O. The van der Waals surface area contributed by atoms with Crippen LogP contribution in [0.25, 0.3) is 6.08 Å². The van der Waals surface area contributed by atoms with Gasteiger partial charge in [0.05, 0.1) is 7.11 Å². The fourth-order valence-corrected chi connectivity index (χ4v) is 2.49. The Hall–Kier alpha value is -1.87. The zero-order valence-corrected chi connectivity index (χ0v) is 13.7. The van der Waals surface area contributed by atoms with Crippen LogP contribution in [0.4, 0.5) is 4.79 Å². The van der Waals surface area contributed by atoms with E-state index < -0.39 is 17.8 Å².